The molecular formula is C27H29N5O3. The number of rotatable bonds is 8. The Labute approximate surface area is 205 Å². The number of aromatic nitrogens is 1. The summed E-state index contributed by atoms with van der Waals surface area (Å²) in [6.07, 6.45) is 2.30. The molecule has 0 aliphatic carbocycles. The van der Waals surface area contributed by atoms with Crippen LogP contribution in [0.15, 0.2) is 78.0 Å². The second kappa shape index (κ2) is 10.8. The van der Waals surface area contributed by atoms with Crippen LogP contribution in [0, 0.1) is 0 Å². The van der Waals surface area contributed by atoms with E-state index in [1.807, 2.05) is 79.7 Å². The largest absolute Gasteiger partial charge is 0.497 e. The van der Waals surface area contributed by atoms with Crippen molar-refractivity contribution in [2.24, 2.45) is 5.10 Å². The lowest BCUT2D eigenvalue weighted by molar-refractivity contribution is -0.134. The van der Waals surface area contributed by atoms with E-state index < -0.39 is 0 Å². The molecule has 8 nitrogen and oxygen atoms in total. The maximum Gasteiger partial charge on any atom is 0.243 e. The summed E-state index contributed by atoms with van der Waals surface area (Å²) in [5.41, 5.74) is 3.38. The number of hydrazone groups is 1. The summed E-state index contributed by atoms with van der Waals surface area (Å²) >= 11 is 0. The quantitative estimate of drug-likeness (QED) is 0.531. The van der Waals surface area contributed by atoms with Gasteiger partial charge in [0, 0.05) is 33.4 Å². The van der Waals surface area contributed by atoms with Crippen LogP contribution >= 0.6 is 0 Å². The highest BCUT2D eigenvalue weighted by Gasteiger charge is 2.33. The topological polar surface area (TPSA) is 87.1 Å². The zero-order valence-corrected chi connectivity index (χ0v) is 20.1. The zero-order chi connectivity index (χ0) is 24.8. The lowest BCUT2D eigenvalue weighted by Gasteiger charge is -2.22. The van der Waals surface area contributed by atoms with Crippen LogP contribution in [0.4, 0.5) is 11.5 Å². The number of carbonyl (C=O) groups excluding carboxylic acids is 2. The first-order valence-corrected chi connectivity index (χ1v) is 11.5. The van der Waals surface area contributed by atoms with Crippen LogP contribution in [-0.2, 0) is 9.59 Å². The minimum Gasteiger partial charge on any atom is -0.497 e. The van der Waals surface area contributed by atoms with Gasteiger partial charge in [0.05, 0.1) is 30.7 Å². The first kappa shape index (κ1) is 23.9. The van der Waals surface area contributed by atoms with Gasteiger partial charge in [-0.3, -0.25) is 9.59 Å². The molecule has 2 aromatic carbocycles. The Kier molecular flexibility index (Phi) is 7.40. The number of hydrogen-bond acceptors (Lipinski definition) is 6. The monoisotopic (exact) mass is 471 g/mol. The Hall–Kier alpha value is -4.20. The van der Waals surface area contributed by atoms with Gasteiger partial charge in [-0.15, -0.1) is 0 Å². The fourth-order valence-corrected chi connectivity index (χ4v) is 3.91. The standard InChI is InChI=1S/C27H29N5O3/c1-31(2)25-14-11-21(18-28-25)29-26(33)15-16-27(34)32-24(20-9-12-22(35-3)13-10-20)17-23(30-32)19-7-5-4-6-8-19/h4-14,18,24H,15-17H2,1-3H3,(H,29,33). The molecule has 1 N–H and O–H groups in total. The van der Waals surface area contributed by atoms with Crippen LogP contribution in [0.1, 0.15) is 36.4 Å². The molecule has 1 aliphatic heterocycles. The average molecular weight is 472 g/mol. The molecule has 0 bridgehead atoms. The number of nitrogens with one attached hydrogen (secondary N) is 1. The second-order valence-corrected chi connectivity index (χ2v) is 8.49. The highest BCUT2D eigenvalue weighted by Crippen LogP contribution is 2.34. The lowest BCUT2D eigenvalue weighted by atomic mass is 9.98. The van der Waals surface area contributed by atoms with E-state index in [4.69, 9.17) is 4.74 Å². The lowest BCUT2D eigenvalue weighted by Crippen LogP contribution is -2.28. The molecule has 0 saturated carbocycles. The summed E-state index contributed by atoms with van der Waals surface area (Å²) in [6, 6.07) is 20.9. The normalized spacial score (nSPS) is 14.9. The smallest absolute Gasteiger partial charge is 0.243 e. The number of hydrogen-bond donors (Lipinski definition) is 1. The minimum absolute atomic E-state index is 0.0489. The third-order valence-electron chi connectivity index (χ3n) is 5.83. The van der Waals surface area contributed by atoms with E-state index in [9.17, 15) is 9.59 Å². The molecule has 3 aromatic rings. The van der Waals surface area contributed by atoms with Crippen molar-refractivity contribution >= 4 is 29.0 Å². The van der Waals surface area contributed by atoms with E-state index in [1.54, 1.807) is 19.4 Å². The van der Waals surface area contributed by atoms with Gasteiger partial charge in [-0.1, -0.05) is 42.5 Å². The van der Waals surface area contributed by atoms with Crippen molar-refractivity contribution < 1.29 is 14.3 Å². The molecule has 1 aliphatic rings. The van der Waals surface area contributed by atoms with Crippen molar-refractivity contribution in [2.75, 3.05) is 31.4 Å². The van der Waals surface area contributed by atoms with Crippen LogP contribution in [0.3, 0.4) is 0 Å². The third-order valence-corrected chi connectivity index (χ3v) is 5.83. The van der Waals surface area contributed by atoms with Crippen molar-refractivity contribution in [1.29, 1.82) is 0 Å². The van der Waals surface area contributed by atoms with E-state index in [0.29, 0.717) is 12.1 Å². The number of ether oxygens (including phenoxy) is 1. The van der Waals surface area contributed by atoms with Gasteiger partial charge in [0.25, 0.3) is 0 Å². The molecule has 1 atom stereocenters. The Morgan fingerprint density at radius 2 is 1.77 bits per heavy atom. The van der Waals surface area contributed by atoms with Crippen LogP contribution in [-0.4, -0.2) is 48.7 Å². The highest BCUT2D eigenvalue weighted by molar-refractivity contribution is 6.03. The molecular weight excluding hydrogens is 442 g/mol. The fraction of sp³-hybridized carbons (Fsp3) is 0.259. The number of pyridine rings is 1. The van der Waals surface area contributed by atoms with Crippen molar-refractivity contribution in [3.63, 3.8) is 0 Å². The van der Waals surface area contributed by atoms with Crippen molar-refractivity contribution in [1.82, 2.24) is 9.99 Å². The number of methoxy groups -OCH3 is 1. The van der Waals surface area contributed by atoms with Crippen LogP contribution in [0.5, 0.6) is 5.75 Å². The summed E-state index contributed by atoms with van der Waals surface area (Å²) in [6.45, 7) is 0. The first-order chi connectivity index (χ1) is 16.9. The molecule has 4 rings (SSSR count). The molecule has 0 spiro atoms. The molecule has 35 heavy (non-hydrogen) atoms. The summed E-state index contributed by atoms with van der Waals surface area (Å²) in [5.74, 6) is 1.10. The van der Waals surface area contributed by atoms with E-state index >= 15 is 0 Å². The van der Waals surface area contributed by atoms with Crippen LogP contribution in [0.25, 0.3) is 0 Å². The Bertz CT molecular complexity index is 1190. The summed E-state index contributed by atoms with van der Waals surface area (Å²) in [5, 5.41) is 8.99. The Morgan fingerprint density at radius 1 is 1.03 bits per heavy atom. The number of carbonyl (C=O) groups is 2. The van der Waals surface area contributed by atoms with E-state index in [0.717, 1.165) is 28.4 Å². The van der Waals surface area contributed by atoms with Gasteiger partial charge >= 0.3 is 0 Å². The van der Waals surface area contributed by atoms with Crippen molar-refractivity contribution in [3.8, 4) is 5.75 Å². The maximum atomic E-state index is 13.2. The average Bonchev–Trinajstić information content (AvgIpc) is 3.34. The molecule has 0 saturated heterocycles. The number of amides is 2. The summed E-state index contributed by atoms with van der Waals surface area (Å²) in [7, 11) is 5.42. The molecule has 0 fully saturated rings. The predicted molar refractivity (Wildman–Crippen MR) is 137 cm³/mol. The van der Waals surface area contributed by atoms with Crippen molar-refractivity contribution in [2.45, 2.75) is 25.3 Å². The third kappa shape index (κ3) is 5.84. The number of nitrogens with zero attached hydrogens (tertiary/aromatic N) is 4. The molecule has 8 heteroatoms. The second-order valence-electron chi connectivity index (χ2n) is 8.49. The van der Waals surface area contributed by atoms with Gasteiger partial charge < -0.3 is 15.0 Å². The van der Waals surface area contributed by atoms with E-state index in [-0.39, 0.29) is 30.7 Å². The first-order valence-electron chi connectivity index (χ1n) is 11.5. The van der Waals surface area contributed by atoms with Gasteiger partial charge in [-0.25, -0.2) is 9.99 Å². The van der Waals surface area contributed by atoms with E-state index in [1.165, 1.54) is 5.01 Å². The molecule has 180 valence electrons. The summed E-state index contributed by atoms with van der Waals surface area (Å²) < 4.78 is 5.27. The SMILES string of the molecule is COc1ccc(C2CC(c3ccccc3)=NN2C(=O)CCC(=O)Nc2ccc(N(C)C)nc2)cc1. The molecule has 1 unspecified atom stereocenters. The van der Waals surface area contributed by atoms with Gasteiger partial charge in [-0.2, -0.15) is 5.10 Å². The number of benzene rings is 2. The minimum atomic E-state index is -0.245. The Morgan fingerprint density at radius 3 is 2.40 bits per heavy atom. The van der Waals surface area contributed by atoms with Crippen LogP contribution < -0.4 is 15.0 Å². The molecule has 1 aromatic heterocycles. The van der Waals surface area contributed by atoms with Crippen LogP contribution in [0.2, 0.25) is 0 Å². The number of anilines is 2. The van der Waals surface area contributed by atoms with E-state index in [2.05, 4.69) is 15.4 Å². The van der Waals surface area contributed by atoms with Crippen molar-refractivity contribution in [3.05, 3.63) is 84.1 Å². The van der Waals surface area contributed by atoms with Gasteiger partial charge in [0.1, 0.15) is 11.6 Å². The predicted octanol–water partition coefficient (Wildman–Crippen LogP) is 4.25. The highest BCUT2D eigenvalue weighted by atomic mass is 16.5. The fourth-order valence-electron chi connectivity index (χ4n) is 3.91. The maximum absolute atomic E-state index is 13.2. The Balaban J connectivity index is 1.45. The van der Waals surface area contributed by atoms with Gasteiger partial charge in [-0.05, 0) is 35.4 Å². The summed E-state index contributed by atoms with van der Waals surface area (Å²) in [4.78, 5) is 31.9. The van der Waals surface area contributed by atoms with Gasteiger partial charge in [0.2, 0.25) is 11.8 Å². The molecule has 2 heterocycles. The molecule has 2 amide bonds. The molecule has 0 radical (unpaired) electrons. The zero-order valence-electron chi connectivity index (χ0n) is 20.1. The van der Waals surface area contributed by atoms with Gasteiger partial charge in [0.15, 0.2) is 0 Å².